The topological polar surface area (TPSA) is 99.1 Å². The zero-order valence-corrected chi connectivity index (χ0v) is 17.1. The fraction of sp³-hybridized carbons (Fsp3) is 0.500. The number of aliphatic hydroxyl groups excluding tert-OH is 1. The van der Waals surface area contributed by atoms with Crippen LogP contribution in [-0.2, 0) is 28.6 Å². The summed E-state index contributed by atoms with van der Waals surface area (Å²) < 4.78 is 15.9. The fourth-order valence-corrected chi connectivity index (χ4v) is 3.42. The number of fused-ring (bicyclic) bond motifs is 1. The van der Waals surface area contributed by atoms with Crippen LogP contribution < -0.4 is 0 Å². The van der Waals surface area contributed by atoms with Gasteiger partial charge in [0.15, 0.2) is 0 Å². The molecule has 158 valence electrons. The van der Waals surface area contributed by atoms with E-state index in [-0.39, 0.29) is 17.8 Å². The van der Waals surface area contributed by atoms with Gasteiger partial charge in [-0.25, -0.2) is 9.59 Å². The van der Waals surface area contributed by atoms with E-state index in [2.05, 4.69) is 12.7 Å². The van der Waals surface area contributed by atoms with Crippen LogP contribution in [0.2, 0.25) is 0 Å². The molecule has 0 aromatic heterocycles. The molecule has 1 aliphatic carbocycles. The second-order valence-corrected chi connectivity index (χ2v) is 7.36. The van der Waals surface area contributed by atoms with Crippen molar-refractivity contribution < 1.29 is 33.7 Å². The Kier molecular flexibility index (Phi) is 7.96. The van der Waals surface area contributed by atoms with Gasteiger partial charge >= 0.3 is 17.9 Å². The first-order chi connectivity index (χ1) is 13.7. The monoisotopic (exact) mass is 404 g/mol. The molecule has 0 saturated carbocycles. The van der Waals surface area contributed by atoms with Gasteiger partial charge in [-0.05, 0) is 38.8 Å². The van der Waals surface area contributed by atoms with Gasteiger partial charge in [0.2, 0.25) is 0 Å². The van der Waals surface area contributed by atoms with Gasteiger partial charge in [-0.3, -0.25) is 4.79 Å². The molecule has 0 amide bonds. The average molecular weight is 404 g/mol. The van der Waals surface area contributed by atoms with E-state index in [0.717, 1.165) is 24.0 Å². The summed E-state index contributed by atoms with van der Waals surface area (Å²) in [7, 11) is 0. The minimum absolute atomic E-state index is 0.0240. The molecule has 2 aliphatic rings. The van der Waals surface area contributed by atoms with E-state index in [1.54, 1.807) is 0 Å². The van der Waals surface area contributed by atoms with E-state index in [9.17, 15) is 19.5 Å². The largest absolute Gasteiger partial charge is 0.462 e. The summed E-state index contributed by atoms with van der Waals surface area (Å²) >= 11 is 0. The van der Waals surface area contributed by atoms with E-state index >= 15 is 0 Å². The first-order valence-corrected chi connectivity index (χ1v) is 9.59. The maximum absolute atomic E-state index is 12.6. The summed E-state index contributed by atoms with van der Waals surface area (Å²) in [6, 6.07) is 0. The third-order valence-electron chi connectivity index (χ3n) is 4.97. The molecule has 7 nitrogen and oxygen atoms in total. The standard InChI is InChI=1S/C22H28O7/c1-13-6-5-7-14(2)11-19(20-15(3)21(25)28-18(20)10-13)29-22(26)17(12-23)8-9-27-16(4)24/h7-8,10,18-20,23H,3,5-6,9,11-12H2,1-2,4H3/b13-10+,14-7+,17-8+/t18-,19-,20+/m1/s1. The third-order valence-corrected chi connectivity index (χ3v) is 4.97. The smallest absolute Gasteiger partial charge is 0.336 e. The molecule has 0 spiro atoms. The molecule has 3 atom stereocenters. The lowest BCUT2D eigenvalue weighted by atomic mass is 9.85. The number of allylic oxidation sites excluding steroid dienone is 2. The van der Waals surface area contributed by atoms with Gasteiger partial charge < -0.3 is 19.3 Å². The van der Waals surface area contributed by atoms with Crippen molar-refractivity contribution in [3.63, 3.8) is 0 Å². The number of ether oxygens (including phenoxy) is 3. The van der Waals surface area contributed by atoms with Crippen LogP contribution in [0.1, 0.15) is 40.0 Å². The molecule has 7 heteroatoms. The Balaban J connectivity index is 2.29. The molecular weight excluding hydrogens is 376 g/mol. The molecule has 0 unspecified atom stereocenters. The highest BCUT2D eigenvalue weighted by Gasteiger charge is 2.44. The third kappa shape index (κ3) is 6.15. The summed E-state index contributed by atoms with van der Waals surface area (Å²) in [5.41, 5.74) is 2.34. The number of esters is 3. The van der Waals surface area contributed by atoms with Crippen molar-refractivity contribution in [1.29, 1.82) is 0 Å². The van der Waals surface area contributed by atoms with Crippen LogP contribution in [0.5, 0.6) is 0 Å². The van der Waals surface area contributed by atoms with Crippen LogP contribution in [0.3, 0.4) is 0 Å². The Hall–Kier alpha value is -2.67. The first kappa shape index (κ1) is 22.6. The van der Waals surface area contributed by atoms with Gasteiger partial charge in [0.05, 0.1) is 18.1 Å². The van der Waals surface area contributed by atoms with Gasteiger partial charge in [-0.2, -0.15) is 0 Å². The van der Waals surface area contributed by atoms with Crippen LogP contribution in [0.4, 0.5) is 0 Å². The van der Waals surface area contributed by atoms with Crippen molar-refractivity contribution in [2.24, 2.45) is 5.92 Å². The van der Waals surface area contributed by atoms with Crippen LogP contribution in [0.15, 0.2) is 47.1 Å². The van der Waals surface area contributed by atoms with E-state index in [0.29, 0.717) is 6.42 Å². The summed E-state index contributed by atoms with van der Waals surface area (Å²) in [6.45, 7) is 8.31. The van der Waals surface area contributed by atoms with Gasteiger partial charge in [-0.15, -0.1) is 0 Å². The first-order valence-electron chi connectivity index (χ1n) is 9.59. The zero-order chi connectivity index (χ0) is 21.6. The van der Waals surface area contributed by atoms with Gasteiger partial charge in [-0.1, -0.05) is 23.8 Å². The molecule has 0 aromatic rings. The van der Waals surface area contributed by atoms with E-state index in [4.69, 9.17) is 14.2 Å². The lowest BCUT2D eigenvalue weighted by Gasteiger charge is -2.27. The lowest BCUT2D eigenvalue weighted by molar-refractivity contribution is -0.148. The van der Waals surface area contributed by atoms with Crippen molar-refractivity contribution in [3.05, 3.63) is 47.1 Å². The molecule has 0 aromatic carbocycles. The molecule has 1 fully saturated rings. The molecule has 1 saturated heterocycles. The Labute approximate surface area is 170 Å². The highest BCUT2D eigenvalue weighted by atomic mass is 16.6. The van der Waals surface area contributed by atoms with Crippen molar-refractivity contribution >= 4 is 17.9 Å². The molecule has 1 heterocycles. The van der Waals surface area contributed by atoms with Crippen LogP contribution in [0, 0.1) is 5.92 Å². The van der Waals surface area contributed by atoms with Gasteiger partial charge in [0, 0.05) is 18.9 Å². The van der Waals surface area contributed by atoms with Gasteiger partial charge in [0.1, 0.15) is 18.8 Å². The lowest BCUT2D eigenvalue weighted by Crippen LogP contribution is -2.34. The molecule has 0 bridgehead atoms. The zero-order valence-electron chi connectivity index (χ0n) is 17.1. The summed E-state index contributed by atoms with van der Waals surface area (Å²) in [5.74, 6) is -2.25. The van der Waals surface area contributed by atoms with E-state index < -0.39 is 42.6 Å². The Morgan fingerprint density at radius 3 is 2.72 bits per heavy atom. The molecular formula is C22H28O7. The number of hydrogen-bond donors (Lipinski definition) is 1. The Bertz CT molecular complexity index is 772. The highest BCUT2D eigenvalue weighted by Crippen LogP contribution is 2.36. The molecule has 1 N–H and O–H groups in total. The maximum atomic E-state index is 12.6. The quantitative estimate of drug-likeness (QED) is 0.325. The maximum Gasteiger partial charge on any atom is 0.336 e. The summed E-state index contributed by atoms with van der Waals surface area (Å²) in [6.07, 6.45) is 6.14. The van der Waals surface area contributed by atoms with Crippen molar-refractivity contribution in [3.8, 4) is 0 Å². The number of carbonyl (C=O) groups excluding carboxylic acids is 3. The van der Waals surface area contributed by atoms with Crippen LogP contribution >= 0.6 is 0 Å². The summed E-state index contributed by atoms with van der Waals surface area (Å²) in [4.78, 5) is 35.7. The van der Waals surface area contributed by atoms with Crippen LogP contribution in [-0.4, -0.2) is 48.4 Å². The van der Waals surface area contributed by atoms with Gasteiger partial charge in [0.25, 0.3) is 0 Å². The Morgan fingerprint density at radius 1 is 1.34 bits per heavy atom. The minimum Gasteiger partial charge on any atom is -0.462 e. The minimum atomic E-state index is -0.735. The molecule has 29 heavy (non-hydrogen) atoms. The molecule has 0 radical (unpaired) electrons. The van der Waals surface area contributed by atoms with Crippen LogP contribution in [0.25, 0.3) is 0 Å². The van der Waals surface area contributed by atoms with Crippen molar-refractivity contribution in [2.45, 2.75) is 52.2 Å². The second kappa shape index (κ2) is 10.2. The SMILES string of the molecule is C=C1C(=O)O[C@@H]2/C=C(\C)CC/C=C(\C)C[C@@H](OC(=O)/C(=C/COC(C)=O)CO)[C@@H]12. The summed E-state index contributed by atoms with van der Waals surface area (Å²) in [5, 5.41) is 9.52. The normalized spacial score (nSPS) is 29.0. The highest BCUT2D eigenvalue weighted by molar-refractivity contribution is 5.92. The number of hydrogen-bond acceptors (Lipinski definition) is 7. The van der Waals surface area contributed by atoms with E-state index in [1.807, 2.05) is 19.9 Å². The Morgan fingerprint density at radius 2 is 2.07 bits per heavy atom. The predicted molar refractivity (Wildman–Crippen MR) is 106 cm³/mol. The number of carbonyl (C=O) groups is 3. The number of rotatable bonds is 5. The predicted octanol–water partition coefficient (Wildman–Crippen LogP) is 2.55. The molecule has 1 aliphatic heterocycles. The van der Waals surface area contributed by atoms with E-state index in [1.165, 1.54) is 13.0 Å². The second-order valence-electron chi connectivity index (χ2n) is 7.36. The average Bonchev–Trinajstić information content (AvgIpc) is 2.91. The fourth-order valence-electron chi connectivity index (χ4n) is 3.42. The van der Waals surface area contributed by atoms with Crippen molar-refractivity contribution in [1.82, 2.24) is 0 Å². The molecule has 2 rings (SSSR count). The number of aliphatic hydroxyl groups is 1. The van der Waals surface area contributed by atoms with Crippen molar-refractivity contribution in [2.75, 3.05) is 13.2 Å².